The number of amides is 1. The van der Waals surface area contributed by atoms with Gasteiger partial charge in [0.05, 0.1) is 12.6 Å². The number of nitrogens with one attached hydrogen (secondary N) is 1. The highest BCUT2D eigenvalue weighted by molar-refractivity contribution is 5.82. The van der Waals surface area contributed by atoms with E-state index in [4.69, 9.17) is 5.73 Å². The van der Waals surface area contributed by atoms with Gasteiger partial charge in [0, 0.05) is 11.0 Å². The summed E-state index contributed by atoms with van der Waals surface area (Å²) >= 11 is 0. The van der Waals surface area contributed by atoms with Crippen molar-refractivity contribution >= 4 is 5.91 Å². The zero-order valence-corrected chi connectivity index (χ0v) is 12.8. The van der Waals surface area contributed by atoms with Gasteiger partial charge < -0.3 is 11.1 Å². The predicted octanol–water partition coefficient (Wildman–Crippen LogP) is 2.61. The van der Waals surface area contributed by atoms with E-state index in [9.17, 15) is 4.79 Å². The van der Waals surface area contributed by atoms with E-state index in [1.165, 1.54) is 0 Å². The molecule has 0 radical (unpaired) electrons. The van der Waals surface area contributed by atoms with E-state index in [-0.39, 0.29) is 17.4 Å². The van der Waals surface area contributed by atoms with E-state index in [2.05, 4.69) is 17.2 Å². The normalized spacial score (nSPS) is 12.2. The molecule has 20 heavy (non-hydrogen) atoms. The number of hydrogen-bond donors (Lipinski definition) is 2. The summed E-state index contributed by atoms with van der Waals surface area (Å²) in [4.78, 5) is 12.1. The van der Waals surface area contributed by atoms with Crippen LogP contribution in [-0.2, 0) is 4.79 Å². The molecule has 0 spiro atoms. The number of nitrogens with two attached hydrogens (primary N) is 1. The highest BCUT2D eigenvalue weighted by Gasteiger charge is 2.26. The molecule has 0 aliphatic heterocycles. The van der Waals surface area contributed by atoms with E-state index in [0.717, 1.165) is 17.5 Å². The standard InChI is InChI=1S/C17H24N2O/c1-5-17(3,4)16(20)19-13(2)15-10-8-14(9-11-15)7-6-12-18/h8-11,13H,5,12,18H2,1-4H3,(H,19,20). The molecule has 0 saturated heterocycles. The predicted molar refractivity (Wildman–Crippen MR) is 83.0 cm³/mol. The van der Waals surface area contributed by atoms with Crippen LogP contribution in [0.25, 0.3) is 0 Å². The maximum absolute atomic E-state index is 12.1. The number of carbonyl (C=O) groups is 1. The largest absolute Gasteiger partial charge is 0.349 e. The van der Waals surface area contributed by atoms with Crippen LogP contribution >= 0.6 is 0 Å². The maximum Gasteiger partial charge on any atom is 0.226 e. The quantitative estimate of drug-likeness (QED) is 0.828. The first-order valence-electron chi connectivity index (χ1n) is 7.00. The lowest BCUT2D eigenvalue weighted by Gasteiger charge is -2.24. The minimum Gasteiger partial charge on any atom is -0.349 e. The van der Waals surface area contributed by atoms with Crippen molar-refractivity contribution in [2.45, 2.75) is 40.2 Å². The van der Waals surface area contributed by atoms with Crippen molar-refractivity contribution in [1.29, 1.82) is 0 Å². The highest BCUT2D eigenvalue weighted by atomic mass is 16.2. The summed E-state index contributed by atoms with van der Waals surface area (Å²) in [6.07, 6.45) is 0.819. The van der Waals surface area contributed by atoms with Gasteiger partial charge in [-0.05, 0) is 31.0 Å². The molecular formula is C17H24N2O. The van der Waals surface area contributed by atoms with Gasteiger partial charge in [0.25, 0.3) is 0 Å². The van der Waals surface area contributed by atoms with Crippen LogP contribution in [0.1, 0.15) is 51.3 Å². The molecule has 0 saturated carbocycles. The molecule has 0 aliphatic rings. The summed E-state index contributed by atoms with van der Waals surface area (Å²) < 4.78 is 0. The summed E-state index contributed by atoms with van der Waals surface area (Å²) in [6, 6.07) is 7.87. The second-order valence-electron chi connectivity index (χ2n) is 5.56. The Morgan fingerprint density at radius 3 is 2.45 bits per heavy atom. The van der Waals surface area contributed by atoms with Gasteiger partial charge >= 0.3 is 0 Å². The topological polar surface area (TPSA) is 55.1 Å². The Labute approximate surface area is 121 Å². The summed E-state index contributed by atoms with van der Waals surface area (Å²) in [7, 11) is 0. The van der Waals surface area contributed by atoms with Crippen molar-refractivity contribution in [3.05, 3.63) is 35.4 Å². The Morgan fingerprint density at radius 2 is 1.95 bits per heavy atom. The lowest BCUT2D eigenvalue weighted by molar-refractivity contribution is -0.130. The second-order valence-corrected chi connectivity index (χ2v) is 5.56. The van der Waals surface area contributed by atoms with Crippen LogP contribution < -0.4 is 11.1 Å². The summed E-state index contributed by atoms with van der Waals surface area (Å²) in [5, 5.41) is 3.06. The number of rotatable bonds is 4. The molecule has 0 fully saturated rings. The maximum atomic E-state index is 12.1. The number of benzene rings is 1. The first-order valence-corrected chi connectivity index (χ1v) is 7.00. The Hall–Kier alpha value is -1.79. The van der Waals surface area contributed by atoms with Crippen molar-refractivity contribution in [2.24, 2.45) is 11.1 Å². The molecular weight excluding hydrogens is 248 g/mol. The highest BCUT2D eigenvalue weighted by Crippen LogP contribution is 2.22. The van der Waals surface area contributed by atoms with E-state index in [0.29, 0.717) is 6.54 Å². The Kier molecular flexibility index (Phi) is 5.79. The average Bonchev–Trinajstić information content (AvgIpc) is 2.45. The molecule has 3 N–H and O–H groups in total. The van der Waals surface area contributed by atoms with Gasteiger partial charge in [0.1, 0.15) is 0 Å². The lowest BCUT2D eigenvalue weighted by atomic mass is 9.88. The van der Waals surface area contributed by atoms with E-state index in [1.807, 2.05) is 52.0 Å². The zero-order chi connectivity index (χ0) is 15.2. The minimum atomic E-state index is -0.333. The minimum absolute atomic E-state index is 0.00940. The van der Waals surface area contributed by atoms with Gasteiger partial charge in [0.15, 0.2) is 0 Å². The molecule has 0 aliphatic carbocycles. The molecule has 0 bridgehead atoms. The molecule has 1 aromatic carbocycles. The summed E-state index contributed by atoms with van der Waals surface area (Å²) in [6.45, 7) is 8.29. The fraction of sp³-hybridized carbons (Fsp3) is 0.471. The van der Waals surface area contributed by atoms with E-state index in [1.54, 1.807) is 0 Å². The zero-order valence-electron chi connectivity index (χ0n) is 12.8. The van der Waals surface area contributed by atoms with E-state index < -0.39 is 0 Å². The van der Waals surface area contributed by atoms with Gasteiger partial charge in [0.2, 0.25) is 5.91 Å². The second kappa shape index (κ2) is 7.12. The molecule has 0 aromatic heterocycles. The molecule has 1 aromatic rings. The number of carbonyl (C=O) groups excluding carboxylic acids is 1. The Bertz CT molecular complexity index is 506. The average molecular weight is 272 g/mol. The van der Waals surface area contributed by atoms with Crippen LogP contribution in [0.15, 0.2) is 24.3 Å². The summed E-state index contributed by atoms with van der Waals surface area (Å²) in [5.74, 6) is 5.89. The Morgan fingerprint density at radius 1 is 1.35 bits per heavy atom. The first kappa shape index (κ1) is 16.3. The third kappa shape index (κ3) is 4.40. The number of hydrogen-bond acceptors (Lipinski definition) is 2. The van der Waals surface area contributed by atoms with Gasteiger partial charge in [-0.25, -0.2) is 0 Å². The molecule has 3 heteroatoms. The molecule has 108 valence electrons. The molecule has 3 nitrogen and oxygen atoms in total. The molecule has 1 amide bonds. The fourth-order valence-corrected chi connectivity index (χ4v) is 1.64. The van der Waals surface area contributed by atoms with Gasteiger partial charge in [-0.2, -0.15) is 0 Å². The van der Waals surface area contributed by atoms with Crippen molar-refractivity contribution < 1.29 is 4.79 Å². The van der Waals surface area contributed by atoms with Crippen LogP contribution in [0, 0.1) is 17.3 Å². The first-order chi connectivity index (χ1) is 9.40. The van der Waals surface area contributed by atoms with Crippen LogP contribution in [-0.4, -0.2) is 12.5 Å². The van der Waals surface area contributed by atoms with Crippen molar-refractivity contribution in [3.8, 4) is 11.8 Å². The van der Waals surface area contributed by atoms with Gasteiger partial charge in [-0.1, -0.05) is 44.7 Å². The van der Waals surface area contributed by atoms with Crippen molar-refractivity contribution in [2.75, 3.05) is 6.54 Å². The molecule has 0 heterocycles. The van der Waals surface area contributed by atoms with E-state index >= 15 is 0 Å². The van der Waals surface area contributed by atoms with Crippen LogP contribution in [0.2, 0.25) is 0 Å². The molecule has 1 unspecified atom stereocenters. The molecule has 1 rings (SSSR count). The third-order valence-electron chi connectivity index (χ3n) is 3.59. The fourth-order valence-electron chi connectivity index (χ4n) is 1.64. The van der Waals surface area contributed by atoms with Crippen molar-refractivity contribution in [1.82, 2.24) is 5.32 Å². The monoisotopic (exact) mass is 272 g/mol. The molecule has 1 atom stereocenters. The van der Waals surface area contributed by atoms with Crippen LogP contribution in [0.4, 0.5) is 0 Å². The lowest BCUT2D eigenvalue weighted by Crippen LogP contribution is -2.37. The summed E-state index contributed by atoms with van der Waals surface area (Å²) in [5.41, 5.74) is 7.02. The van der Waals surface area contributed by atoms with Crippen LogP contribution in [0.3, 0.4) is 0 Å². The van der Waals surface area contributed by atoms with Crippen LogP contribution in [0.5, 0.6) is 0 Å². The van der Waals surface area contributed by atoms with Crippen molar-refractivity contribution in [3.63, 3.8) is 0 Å². The SMILES string of the molecule is CCC(C)(C)C(=O)NC(C)c1ccc(C#CCN)cc1. The van der Waals surface area contributed by atoms with Gasteiger partial charge in [-0.3, -0.25) is 4.79 Å². The van der Waals surface area contributed by atoms with Gasteiger partial charge in [-0.15, -0.1) is 0 Å². The Balaban J connectivity index is 2.73. The smallest absolute Gasteiger partial charge is 0.226 e. The third-order valence-corrected chi connectivity index (χ3v) is 3.59.